The molecule has 1 fully saturated rings. The summed E-state index contributed by atoms with van der Waals surface area (Å²) < 4.78 is 1.96. The summed E-state index contributed by atoms with van der Waals surface area (Å²) in [6, 6.07) is 9.69. The molecular weight excluding hydrogens is 298 g/mol. The van der Waals surface area contributed by atoms with E-state index in [0.717, 1.165) is 24.2 Å². The highest BCUT2D eigenvalue weighted by molar-refractivity contribution is 6.31. The summed E-state index contributed by atoms with van der Waals surface area (Å²) in [6.45, 7) is 0. The molecule has 0 radical (unpaired) electrons. The largest absolute Gasteiger partial charge is 0.311 e. The Kier molecular flexibility index (Phi) is 4.78. The molecule has 1 aromatic carbocycles. The van der Waals surface area contributed by atoms with Crippen molar-refractivity contribution >= 4 is 23.3 Å². The highest BCUT2D eigenvalue weighted by Gasteiger charge is 2.19. The monoisotopic (exact) mass is 317 g/mol. The molecule has 0 aliphatic heterocycles. The highest BCUT2D eigenvalue weighted by Crippen LogP contribution is 2.30. The lowest BCUT2D eigenvalue weighted by molar-refractivity contribution is -0.115. The van der Waals surface area contributed by atoms with Gasteiger partial charge in [0.05, 0.1) is 18.7 Å². The van der Waals surface area contributed by atoms with Crippen LogP contribution in [0.4, 0.5) is 5.82 Å². The van der Waals surface area contributed by atoms with Crippen LogP contribution in [-0.4, -0.2) is 15.7 Å². The summed E-state index contributed by atoms with van der Waals surface area (Å²) in [4.78, 5) is 12.3. The molecule has 0 unspecified atom stereocenters. The van der Waals surface area contributed by atoms with E-state index in [1.807, 2.05) is 28.9 Å². The molecule has 0 spiro atoms. The van der Waals surface area contributed by atoms with Crippen LogP contribution in [0.5, 0.6) is 0 Å². The van der Waals surface area contributed by atoms with Gasteiger partial charge in [-0.25, -0.2) is 4.68 Å². The lowest BCUT2D eigenvalue weighted by atomic mass is 9.96. The zero-order valence-corrected chi connectivity index (χ0v) is 13.2. The lowest BCUT2D eigenvalue weighted by Crippen LogP contribution is -2.21. The van der Waals surface area contributed by atoms with Crippen LogP contribution in [0.2, 0.25) is 5.02 Å². The maximum Gasteiger partial charge on any atom is 0.229 e. The second-order valence-corrected chi connectivity index (χ2v) is 6.18. The van der Waals surface area contributed by atoms with Gasteiger partial charge in [0.25, 0.3) is 0 Å². The van der Waals surface area contributed by atoms with E-state index >= 15 is 0 Å². The molecule has 1 aromatic heterocycles. The first kappa shape index (κ1) is 15.1. The Morgan fingerprint density at radius 1 is 1.23 bits per heavy atom. The number of rotatable bonds is 4. The van der Waals surface area contributed by atoms with Gasteiger partial charge >= 0.3 is 0 Å². The third-order valence-corrected chi connectivity index (χ3v) is 4.54. The molecule has 1 aliphatic rings. The quantitative estimate of drug-likeness (QED) is 0.917. The van der Waals surface area contributed by atoms with Crippen molar-refractivity contribution in [1.82, 2.24) is 9.78 Å². The molecule has 0 bridgehead atoms. The second kappa shape index (κ2) is 6.97. The second-order valence-electron chi connectivity index (χ2n) is 5.77. The predicted octanol–water partition coefficient (Wildman–Crippen LogP) is 4.22. The van der Waals surface area contributed by atoms with Crippen molar-refractivity contribution in [3.63, 3.8) is 0 Å². The third-order valence-electron chi connectivity index (χ3n) is 4.17. The van der Waals surface area contributed by atoms with Crippen LogP contribution in [0.1, 0.15) is 43.7 Å². The van der Waals surface area contributed by atoms with E-state index in [9.17, 15) is 4.79 Å². The van der Waals surface area contributed by atoms with E-state index in [1.54, 1.807) is 12.3 Å². The standard InChI is InChI=1S/C17H20ClN3O/c18-15-9-5-4-6-13(15)12-17(22)20-16-10-11-19-21(16)14-7-2-1-3-8-14/h4-6,9-11,14H,1-3,7-8,12H2,(H,20,22). The zero-order chi connectivity index (χ0) is 15.4. The molecule has 1 aliphatic carbocycles. The molecule has 1 N–H and O–H groups in total. The third kappa shape index (κ3) is 3.50. The van der Waals surface area contributed by atoms with Crippen LogP contribution in [0, 0.1) is 0 Å². The SMILES string of the molecule is O=C(Cc1ccccc1Cl)Nc1ccnn1C1CCCCC1. The normalized spacial score (nSPS) is 15.7. The molecule has 5 heteroatoms. The first-order valence-corrected chi connectivity index (χ1v) is 8.18. The van der Waals surface area contributed by atoms with E-state index in [1.165, 1.54) is 19.3 Å². The van der Waals surface area contributed by atoms with Crippen molar-refractivity contribution in [1.29, 1.82) is 0 Å². The van der Waals surface area contributed by atoms with E-state index in [-0.39, 0.29) is 12.3 Å². The molecule has 0 saturated heterocycles. The number of nitrogens with zero attached hydrogens (tertiary/aromatic N) is 2. The van der Waals surface area contributed by atoms with Crippen LogP contribution in [0.25, 0.3) is 0 Å². The number of aromatic nitrogens is 2. The van der Waals surface area contributed by atoms with E-state index in [0.29, 0.717) is 11.1 Å². The Labute approximate surface area is 135 Å². The number of hydrogen-bond acceptors (Lipinski definition) is 2. The van der Waals surface area contributed by atoms with Crippen LogP contribution in [0.3, 0.4) is 0 Å². The van der Waals surface area contributed by atoms with Crippen molar-refractivity contribution in [2.24, 2.45) is 0 Å². The van der Waals surface area contributed by atoms with Gasteiger partial charge in [0.1, 0.15) is 5.82 Å². The van der Waals surface area contributed by atoms with Gasteiger partial charge in [-0.1, -0.05) is 49.1 Å². The summed E-state index contributed by atoms with van der Waals surface area (Å²) in [7, 11) is 0. The van der Waals surface area contributed by atoms with Gasteiger partial charge in [0.15, 0.2) is 0 Å². The number of amides is 1. The maximum absolute atomic E-state index is 12.3. The van der Waals surface area contributed by atoms with Gasteiger partial charge in [-0.3, -0.25) is 4.79 Å². The number of benzene rings is 1. The summed E-state index contributed by atoms with van der Waals surface area (Å²) in [6.07, 6.45) is 8.06. The molecule has 22 heavy (non-hydrogen) atoms. The van der Waals surface area contributed by atoms with Crippen molar-refractivity contribution in [3.8, 4) is 0 Å². The van der Waals surface area contributed by atoms with E-state index in [2.05, 4.69) is 10.4 Å². The lowest BCUT2D eigenvalue weighted by Gasteiger charge is -2.23. The molecule has 3 rings (SSSR count). The number of carbonyl (C=O) groups excluding carboxylic acids is 1. The summed E-state index contributed by atoms with van der Waals surface area (Å²) in [5.41, 5.74) is 0.838. The van der Waals surface area contributed by atoms with Gasteiger partial charge in [-0.15, -0.1) is 0 Å². The van der Waals surface area contributed by atoms with Gasteiger partial charge in [0.2, 0.25) is 5.91 Å². The average molecular weight is 318 g/mol. The average Bonchev–Trinajstić information content (AvgIpc) is 2.98. The number of nitrogens with one attached hydrogen (secondary N) is 1. The minimum atomic E-state index is -0.0642. The number of halogens is 1. The van der Waals surface area contributed by atoms with E-state index in [4.69, 9.17) is 11.6 Å². The molecule has 1 heterocycles. The number of carbonyl (C=O) groups is 1. The summed E-state index contributed by atoms with van der Waals surface area (Å²) in [5.74, 6) is 0.717. The summed E-state index contributed by atoms with van der Waals surface area (Å²) >= 11 is 6.11. The fourth-order valence-corrected chi connectivity index (χ4v) is 3.23. The highest BCUT2D eigenvalue weighted by atomic mass is 35.5. The first-order valence-electron chi connectivity index (χ1n) is 7.81. The van der Waals surface area contributed by atoms with Gasteiger partial charge in [0, 0.05) is 11.1 Å². The Bertz CT molecular complexity index is 647. The van der Waals surface area contributed by atoms with Gasteiger partial charge < -0.3 is 5.32 Å². The van der Waals surface area contributed by atoms with Crippen LogP contribution >= 0.6 is 11.6 Å². The Hall–Kier alpha value is -1.81. The van der Waals surface area contributed by atoms with Crippen LogP contribution in [-0.2, 0) is 11.2 Å². The smallest absolute Gasteiger partial charge is 0.229 e. The number of anilines is 1. The number of hydrogen-bond donors (Lipinski definition) is 1. The van der Waals surface area contributed by atoms with Gasteiger partial charge in [-0.05, 0) is 24.5 Å². The molecule has 116 valence electrons. The summed E-state index contributed by atoms with van der Waals surface area (Å²) in [5, 5.41) is 7.98. The Morgan fingerprint density at radius 2 is 2.00 bits per heavy atom. The molecular formula is C17H20ClN3O. The fourth-order valence-electron chi connectivity index (χ4n) is 3.03. The zero-order valence-electron chi connectivity index (χ0n) is 12.5. The predicted molar refractivity (Wildman–Crippen MR) is 88.1 cm³/mol. The van der Waals surface area contributed by atoms with Crippen molar-refractivity contribution in [2.45, 2.75) is 44.6 Å². The van der Waals surface area contributed by atoms with Crippen LogP contribution < -0.4 is 5.32 Å². The van der Waals surface area contributed by atoms with Crippen LogP contribution in [0.15, 0.2) is 36.5 Å². The van der Waals surface area contributed by atoms with Crippen molar-refractivity contribution in [3.05, 3.63) is 47.1 Å². The van der Waals surface area contributed by atoms with Crippen molar-refractivity contribution in [2.75, 3.05) is 5.32 Å². The Balaban J connectivity index is 1.67. The molecule has 4 nitrogen and oxygen atoms in total. The molecule has 1 saturated carbocycles. The minimum Gasteiger partial charge on any atom is -0.311 e. The fraction of sp³-hybridized carbons (Fsp3) is 0.412. The Morgan fingerprint density at radius 3 is 2.77 bits per heavy atom. The molecule has 1 amide bonds. The van der Waals surface area contributed by atoms with Gasteiger partial charge in [-0.2, -0.15) is 5.10 Å². The maximum atomic E-state index is 12.3. The first-order chi connectivity index (χ1) is 10.7. The minimum absolute atomic E-state index is 0.0642. The van der Waals surface area contributed by atoms with Crippen molar-refractivity contribution < 1.29 is 4.79 Å². The molecule has 2 aromatic rings. The van der Waals surface area contributed by atoms with E-state index < -0.39 is 0 Å². The molecule has 0 atom stereocenters. The topological polar surface area (TPSA) is 46.9 Å².